The van der Waals surface area contributed by atoms with Crippen molar-refractivity contribution in [2.75, 3.05) is 6.54 Å². The second kappa shape index (κ2) is 10.3. The number of allylic oxidation sites excluding steroid dienone is 4. The average Bonchev–Trinajstić information content (AvgIpc) is 3.02. The van der Waals surface area contributed by atoms with Crippen LogP contribution in [0.3, 0.4) is 0 Å². The van der Waals surface area contributed by atoms with Gasteiger partial charge in [0, 0.05) is 18.4 Å². The molecule has 204 valence electrons. The predicted octanol–water partition coefficient (Wildman–Crippen LogP) is 3.07. The van der Waals surface area contributed by atoms with Crippen molar-refractivity contribution >= 4 is 28.0 Å². The van der Waals surface area contributed by atoms with Crippen molar-refractivity contribution < 1.29 is 32.6 Å². The molecular weight excluding hydrogens is 488 g/mol. The Bertz CT molecular complexity index is 1100. The summed E-state index contributed by atoms with van der Waals surface area (Å²) in [5, 5.41) is 10.0. The van der Waals surface area contributed by atoms with Gasteiger partial charge in [0.05, 0.1) is 4.91 Å². The Morgan fingerprint density at radius 2 is 1.83 bits per heavy atom. The van der Waals surface area contributed by atoms with Crippen LogP contribution in [-0.4, -0.2) is 59.6 Å². The van der Waals surface area contributed by atoms with E-state index in [0.717, 1.165) is 5.76 Å². The summed E-state index contributed by atoms with van der Waals surface area (Å²) in [6.45, 7) is 13.9. The number of hydrogen-bond acceptors (Lipinski definition) is 7. The highest BCUT2D eigenvalue weighted by Crippen LogP contribution is 2.51. The monoisotopic (exact) mass is 528 g/mol. The molecule has 2 rings (SSSR count). The number of ether oxygens (including phenoxy) is 2. The number of aliphatic carboxylic acids is 1. The fourth-order valence-electron chi connectivity index (χ4n) is 4.76. The lowest BCUT2D eigenvalue weighted by molar-refractivity contribution is -0.141. The van der Waals surface area contributed by atoms with E-state index in [0.29, 0.717) is 21.9 Å². The maximum absolute atomic E-state index is 14.2. The van der Waals surface area contributed by atoms with E-state index in [1.54, 1.807) is 41.5 Å². The van der Waals surface area contributed by atoms with Crippen molar-refractivity contribution in [2.24, 2.45) is 28.3 Å². The maximum atomic E-state index is 14.2. The lowest BCUT2D eigenvalue weighted by Gasteiger charge is -2.36. The topological polar surface area (TPSA) is 175 Å². The van der Waals surface area contributed by atoms with Gasteiger partial charge in [-0.1, -0.05) is 6.92 Å². The first kappa shape index (κ1) is 29.5. The van der Waals surface area contributed by atoms with Crippen LogP contribution in [0.25, 0.3) is 0 Å². The van der Waals surface area contributed by atoms with Crippen LogP contribution in [-0.2, 0) is 24.3 Å². The molecular formula is C24H40N4O7S. The molecule has 36 heavy (non-hydrogen) atoms. The highest BCUT2D eigenvalue weighted by Gasteiger charge is 2.51. The first-order valence-corrected chi connectivity index (χ1v) is 13.4. The first-order valence-electron chi connectivity index (χ1n) is 12.0. The van der Waals surface area contributed by atoms with Crippen LogP contribution in [0.5, 0.6) is 0 Å². The van der Waals surface area contributed by atoms with Crippen molar-refractivity contribution in [3.05, 3.63) is 21.8 Å². The quantitative estimate of drug-likeness (QED) is 0.243. The number of nitrogens with zero attached hydrogens (tertiary/aromatic N) is 2. The second-order valence-electron chi connectivity index (χ2n) is 11.0. The minimum atomic E-state index is -4.62. The molecule has 3 atom stereocenters. The summed E-state index contributed by atoms with van der Waals surface area (Å²) in [5.41, 5.74) is 10.2. The largest absolute Gasteiger partial charge is 0.492 e. The number of fused-ring (bicyclic) bond motifs is 1. The second-order valence-corrected chi connectivity index (χ2v) is 12.8. The maximum Gasteiger partial charge on any atom is 0.425 e. The normalized spacial score (nSPS) is 22.4. The lowest BCUT2D eigenvalue weighted by atomic mass is 9.79. The Hall–Kier alpha value is -2.76. The summed E-state index contributed by atoms with van der Waals surface area (Å²) in [7, 11) is -4.62. The zero-order valence-corrected chi connectivity index (χ0v) is 23.2. The fraction of sp³-hybridized carbons (Fsp3) is 0.708. The summed E-state index contributed by atoms with van der Waals surface area (Å²) in [6, 6.07) is -1.71. The van der Waals surface area contributed by atoms with E-state index in [1.807, 2.05) is 13.8 Å². The molecule has 0 saturated carbocycles. The number of amides is 1. The average molecular weight is 529 g/mol. The molecule has 12 heteroatoms. The molecule has 2 aliphatic rings. The van der Waals surface area contributed by atoms with Crippen LogP contribution in [0.4, 0.5) is 4.79 Å². The molecule has 11 nitrogen and oxygen atoms in total. The third-order valence-electron chi connectivity index (χ3n) is 6.36. The molecule has 0 spiro atoms. The van der Waals surface area contributed by atoms with E-state index in [1.165, 1.54) is 0 Å². The number of aliphatic imine (C=N–C) groups is 1. The molecule has 3 unspecified atom stereocenters. The number of nitrogens with two attached hydrogens (primary N) is 2. The molecule has 1 heterocycles. The number of carbonyl (C=O) groups excluding carboxylic acids is 1. The van der Waals surface area contributed by atoms with Crippen LogP contribution < -0.4 is 11.5 Å². The molecule has 1 fully saturated rings. The summed E-state index contributed by atoms with van der Waals surface area (Å²) >= 11 is 0. The summed E-state index contributed by atoms with van der Waals surface area (Å²) in [6.07, 6.45) is -0.740. The number of rotatable bonds is 8. The Morgan fingerprint density at radius 1 is 1.25 bits per heavy atom. The van der Waals surface area contributed by atoms with Gasteiger partial charge in [0.2, 0.25) is 0 Å². The highest BCUT2D eigenvalue weighted by atomic mass is 32.2. The molecule has 5 N–H and O–H groups in total. The van der Waals surface area contributed by atoms with Gasteiger partial charge in [-0.2, -0.15) is 4.31 Å². The first-order chi connectivity index (χ1) is 16.3. The van der Waals surface area contributed by atoms with Crippen molar-refractivity contribution in [2.45, 2.75) is 91.9 Å². The summed E-state index contributed by atoms with van der Waals surface area (Å²) in [4.78, 5) is 29.4. The molecule has 0 aromatic heterocycles. The van der Waals surface area contributed by atoms with Crippen molar-refractivity contribution in [3.63, 3.8) is 0 Å². The minimum absolute atomic E-state index is 0.00335. The van der Waals surface area contributed by atoms with Crippen LogP contribution in [0, 0.1) is 11.8 Å². The van der Waals surface area contributed by atoms with Gasteiger partial charge in [0.1, 0.15) is 23.0 Å². The van der Waals surface area contributed by atoms with Gasteiger partial charge in [-0.15, -0.1) is 0 Å². The Morgan fingerprint density at radius 3 is 2.33 bits per heavy atom. The molecule has 1 aliphatic carbocycles. The number of guanidine groups is 1. The molecule has 0 aromatic carbocycles. The van der Waals surface area contributed by atoms with E-state index >= 15 is 0 Å². The predicted molar refractivity (Wildman–Crippen MR) is 136 cm³/mol. The van der Waals surface area contributed by atoms with Crippen LogP contribution in [0.15, 0.2) is 26.8 Å². The number of hydrogen-bond donors (Lipinski definition) is 3. The molecule has 1 amide bonds. The number of sulfonamides is 1. The van der Waals surface area contributed by atoms with Gasteiger partial charge in [-0.3, -0.25) is 4.99 Å². The van der Waals surface area contributed by atoms with E-state index in [4.69, 9.17) is 20.9 Å². The van der Waals surface area contributed by atoms with Gasteiger partial charge >= 0.3 is 12.1 Å². The standard InChI is InChI=1S/C24H40N4O7S/c1-13-14(2)19(15(3)16-12-24(7,8)34-18(13)16)36(32,33)28(22(31)35-23(4,5)6)17(20(29)30)10-9-11-27-21(25)26/h15-17H,9-12H2,1-8H3,(H,29,30)(H4,25,26,27). The third-order valence-corrected chi connectivity index (χ3v) is 8.52. The van der Waals surface area contributed by atoms with E-state index in [9.17, 15) is 23.1 Å². The van der Waals surface area contributed by atoms with E-state index < -0.39 is 45.2 Å². The molecule has 1 aliphatic heterocycles. The smallest absolute Gasteiger partial charge is 0.425 e. The Kier molecular flexibility index (Phi) is 8.44. The van der Waals surface area contributed by atoms with Gasteiger partial charge in [0.25, 0.3) is 10.0 Å². The van der Waals surface area contributed by atoms with E-state index in [-0.39, 0.29) is 36.2 Å². The van der Waals surface area contributed by atoms with E-state index in [2.05, 4.69) is 4.99 Å². The summed E-state index contributed by atoms with van der Waals surface area (Å²) in [5.74, 6) is -1.68. The van der Waals surface area contributed by atoms with Gasteiger partial charge in [-0.05, 0) is 78.9 Å². The zero-order chi connectivity index (χ0) is 27.8. The Labute approximate surface area is 213 Å². The molecule has 0 aromatic rings. The number of carboxylic acid groups (broad SMARTS) is 1. The van der Waals surface area contributed by atoms with Gasteiger partial charge in [0.15, 0.2) is 5.96 Å². The lowest BCUT2D eigenvalue weighted by Crippen LogP contribution is -2.51. The third kappa shape index (κ3) is 6.32. The molecule has 1 saturated heterocycles. The van der Waals surface area contributed by atoms with Crippen molar-refractivity contribution in [1.82, 2.24) is 4.31 Å². The van der Waals surface area contributed by atoms with Crippen LogP contribution >= 0.6 is 0 Å². The molecule has 0 bridgehead atoms. The van der Waals surface area contributed by atoms with Crippen LogP contribution in [0.1, 0.15) is 74.7 Å². The van der Waals surface area contributed by atoms with Crippen LogP contribution in [0.2, 0.25) is 0 Å². The molecule has 0 radical (unpaired) electrons. The summed E-state index contributed by atoms with van der Waals surface area (Å²) < 4.78 is 40.3. The SMILES string of the molecule is CC1=C2OC(C)(C)CC2C(C)C(S(=O)(=O)N(C(=O)OC(C)(C)C)C(CCCN=C(N)N)C(=O)O)=C1C. The fourth-order valence-corrected chi connectivity index (χ4v) is 6.91. The van der Waals surface area contributed by atoms with Gasteiger partial charge < -0.3 is 26.0 Å². The Balaban J connectivity index is 2.62. The van der Waals surface area contributed by atoms with Crippen molar-refractivity contribution in [1.29, 1.82) is 0 Å². The van der Waals surface area contributed by atoms with Gasteiger partial charge in [-0.25, -0.2) is 18.0 Å². The van der Waals surface area contributed by atoms with Crippen molar-refractivity contribution in [3.8, 4) is 0 Å². The number of carbonyl (C=O) groups is 2. The number of carboxylic acids is 1. The minimum Gasteiger partial charge on any atom is -0.492 e. The highest BCUT2D eigenvalue weighted by molar-refractivity contribution is 7.93. The zero-order valence-electron chi connectivity index (χ0n) is 22.4.